The summed E-state index contributed by atoms with van der Waals surface area (Å²) in [5, 5.41) is 4.10. The Bertz CT molecular complexity index is 745. The van der Waals surface area contributed by atoms with E-state index in [0.717, 1.165) is 29.1 Å². The fourth-order valence-electron chi connectivity index (χ4n) is 2.58. The molecule has 0 saturated carbocycles. The molecule has 2 atom stereocenters. The lowest BCUT2D eigenvalue weighted by Gasteiger charge is -2.18. The molecule has 3 rings (SSSR count). The van der Waals surface area contributed by atoms with Crippen LogP contribution >= 0.6 is 11.6 Å². The number of rotatable bonds is 4. The molecule has 3 aromatic rings. The number of fused-ring (bicyclic) bond motifs is 1. The SMILES string of the molecule is Cc1cnc2c(c1)nc(C(C)Cl)n2C(C)Cn1cccn1. The van der Waals surface area contributed by atoms with E-state index in [1.54, 1.807) is 6.20 Å². The maximum atomic E-state index is 6.31. The molecule has 0 bridgehead atoms. The number of halogens is 1. The summed E-state index contributed by atoms with van der Waals surface area (Å²) in [6, 6.07) is 4.13. The molecule has 0 amide bonds. The summed E-state index contributed by atoms with van der Waals surface area (Å²) in [6.07, 6.45) is 5.60. The monoisotopic (exact) mass is 303 g/mol. The predicted octanol–water partition coefficient (Wildman–Crippen LogP) is 3.50. The third-order valence-electron chi connectivity index (χ3n) is 3.50. The lowest BCUT2D eigenvalue weighted by atomic mass is 10.3. The molecule has 110 valence electrons. The zero-order chi connectivity index (χ0) is 15.0. The van der Waals surface area contributed by atoms with E-state index in [-0.39, 0.29) is 11.4 Å². The number of hydrogen-bond acceptors (Lipinski definition) is 3. The van der Waals surface area contributed by atoms with Gasteiger partial charge in [0.15, 0.2) is 5.65 Å². The number of alkyl halides is 1. The van der Waals surface area contributed by atoms with Crippen molar-refractivity contribution < 1.29 is 0 Å². The zero-order valence-corrected chi connectivity index (χ0v) is 13.1. The first-order valence-electron chi connectivity index (χ1n) is 7.02. The Kier molecular flexibility index (Phi) is 3.68. The van der Waals surface area contributed by atoms with Gasteiger partial charge in [-0.05, 0) is 38.5 Å². The van der Waals surface area contributed by atoms with Gasteiger partial charge in [-0.25, -0.2) is 9.97 Å². The Labute approximate surface area is 128 Å². The number of imidazole rings is 1. The molecule has 0 aliphatic rings. The van der Waals surface area contributed by atoms with Crippen LogP contribution in [0.1, 0.15) is 36.7 Å². The second-order valence-corrected chi connectivity index (χ2v) is 6.04. The van der Waals surface area contributed by atoms with E-state index in [2.05, 4.69) is 26.6 Å². The second-order valence-electron chi connectivity index (χ2n) is 5.39. The van der Waals surface area contributed by atoms with Gasteiger partial charge in [0.05, 0.1) is 18.0 Å². The van der Waals surface area contributed by atoms with Crippen LogP contribution in [0, 0.1) is 6.92 Å². The van der Waals surface area contributed by atoms with Crippen LogP contribution in [0.5, 0.6) is 0 Å². The number of pyridine rings is 1. The lowest BCUT2D eigenvalue weighted by Crippen LogP contribution is -2.16. The molecule has 0 saturated heterocycles. The van der Waals surface area contributed by atoms with Crippen LogP contribution in [-0.4, -0.2) is 24.3 Å². The smallest absolute Gasteiger partial charge is 0.160 e. The summed E-state index contributed by atoms with van der Waals surface area (Å²) >= 11 is 6.31. The van der Waals surface area contributed by atoms with Gasteiger partial charge in [0.2, 0.25) is 0 Å². The Morgan fingerprint density at radius 1 is 1.33 bits per heavy atom. The average Bonchev–Trinajstić information content (AvgIpc) is 3.04. The predicted molar refractivity (Wildman–Crippen MR) is 83.5 cm³/mol. The minimum absolute atomic E-state index is 0.167. The van der Waals surface area contributed by atoms with Crippen molar-refractivity contribution in [2.45, 2.75) is 38.7 Å². The number of aryl methyl sites for hydroxylation is 1. The topological polar surface area (TPSA) is 48.5 Å². The van der Waals surface area contributed by atoms with E-state index in [1.807, 2.05) is 43.1 Å². The van der Waals surface area contributed by atoms with Crippen molar-refractivity contribution in [3.05, 3.63) is 42.1 Å². The van der Waals surface area contributed by atoms with Crippen LogP contribution in [0.25, 0.3) is 11.2 Å². The molecule has 0 aliphatic carbocycles. The molecule has 3 aromatic heterocycles. The fourth-order valence-corrected chi connectivity index (χ4v) is 2.73. The van der Waals surface area contributed by atoms with Crippen molar-refractivity contribution in [1.29, 1.82) is 0 Å². The van der Waals surface area contributed by atoms with Crippen LogP contribution in [0.15, 0.2) is 30.7 Å². The van der Waals surface area contributed by atoms with E-state index in [0.29, 0.717) is 0 Å². The number of nitrogens with zero attached hydrogens (tertiary/aromatic N) is 5. The van der Waals surface area contributed by atoms with Gasteiger partial charge >= 0.3 is 0 Å². The Morgan fingerprint density at radius 3 is 2.81 bits per heavy atom. The molecule has 0 aliphatic heterocycles. The minimum Gasteiger partial charge on any atom is -0.307 e. The summed E-state index contributed by atoms with van der Waals surface area (Å²) in [6.45, 7) is 6.84. The van der Waals surface area contributed by atoms with E-state index < -0.39 is 0 Å². The van der Waals surface area contributed by atoms with Gasteiger partial charge < -0.3 is 4.57 Å². The highest BCUT2D eigenvalue weighted by Crippen LogP contribution is 2.27. The standard InChI is InChI=1S/C15H18ClN5/c1-10-7-13-15(17-8-10)21(14(19-13)12(3)16)11(2)9-20-6-4-5-18-20/h4-8,11-12H,9H2,1-3H3. The molecule has 6 heteroatoms. The van der Waals surface area contributed by atoms with Crippen molar-refractivity contribution in [3.63, 3.8) is 0 Å². The number of hydrogen-bond donors (Lipinski definition) is 0. The third kappa shape index (κ3) is 2.65. The maximum Gasteiger partial charge on any atom is 0.160 e. The summed E-state index contributed by atoms with van der Waals surface area (Å²) in [5.41, 5.74) is 2.87. The van der Waals surface area contributed by atoms with Crippen molar-refractivity contribution in [1.82, 2.24) is 24.3 Å². The minimum atomic E-state index is -0.167. The summed E-state index contributed by atoms with van der Waals surface area (Å²) in [7, 11) is 0. The van der Waals surface area contributed by atoms with E-state index >= 15 is 0 Å². The van der Waals surface area contributed by atoms with Gasteiger partial charge in [-0.2, -0.15) is 5.10 Å². The Morgan fingerprint density at radius 2 is 2.14 bits per heavy atom. The van der Waals surface area contributed by atoms with Crippen molar-refractivity contribution in [2.24, 2.45) is 0 Å². The molecule has 2 unspecified atom stereocenters. The quantitative estimate of drug-likeness (QED) is 0.693. The van der Waals surface area contributed by atoms with Gasteiger partial charge in [0, 0.05) is 18.6 Å². The second kappa shape index (κ2) is 5.48. The van der Waals surface area contributed by atoms with Gasteiger partial charge in [-0.1, -0.05) is 0 Å². The van der Waals surface area contributed by atoms with E-state index in [1.165, 1.54) is 0 Å². The number of aromatic nitrogens is 5. The average molecular weight is 304 g/mol. The molecule has 0 N–H and O–H groups in total. The molecule has 0 radical (unpaired) electrons. The normalized spacial score (nSPS) is 14.5. The summed E-state index contributed by atoms with van der Waals surface area (Å²) < 4.78 is 4.03. The maximum absolute atomic E-state index is 6.31. The highest BCUT2D eigenvalue weighted by Gasteiger charge is 2.20. The van der Waals surface area contributed by atoms with Crippen LogP contribution in [0.3, 0.4) is 0 Å². The Balaban J connectivity index is 2.08. The fraction of sp³-hybridized carbons (Fsp3) is 0.400. The lowest BCUT2D eigenvalue weighted by molar-refractivity contribution is 0.432. The molecule has 0 aromatic carbocycles. The zero-order valence-electron chi connectivity index (χ0n) is 12.4. The Hall–Kier alpha value is -1.88. The van der Waals surface area contributed by atoms with Crippen LogP contribution in [0.4, 0.5) is 0 Å². The molecule has 5 nitrogen and oxygen atoms in total. The van der Waals surface area contributed by atoms with Crippen molar-refractivity contribution in [3.8, 4) is 0 Å². The van der Waals surface area contributed by atoms with Crippen LogP contribution in [0.2, 0.25) is 0 Å². The first-order chi connectivity index (χ1) is 10.1. The van der Waals surface area contributed by atoms with Crippen LogP contribution < -0.4 is 0 Å². The highest BCUT2D eigenvalue weighted by atomic mass is 35.5. The molecule has 3 heterocycles. The van der Waals surface area contributed by atoms with Crippen molar-refractivity contribution in [2.75, 3.05) is 0 Å². The van der Waals surface area contributed by atoms with E-state index in [4.69, 9.17) is 11.6 Å². The van der Waals surface area contributed by atoms with Crippen molar-refractivity contribution >= 4 is 22.8 Å². The van der Waals surface area contributed by atoms with Gasteiger partial charge in [0.25, 0.3) is 0 Å². The molecular weight excluding hydrogens is 286 g/mol. The summed E-state index contributed by atoms with van der Waals surface area (Å²) in [5.74, 6) is 0.851. The van der Waals surface area contributed by atoms with E-state index in [9.17, 15) is 0 Å². The van der Waals surface area contributed by atoms with Gasteiger partial charge in [0.1, 0.15) is 11.3 Å². The molecular formula is C15H18ClN5. The van der Waals surface area contributed by atoms with Gasteiger partial charge in [-0.15, -0.1) is 11.6 Å². The van der Waals surface area contributed by atoms with Crippen LogP contribution in [-0.2, 0) is 6.54 Å². The molecule has 21 heavy (non-hydrogen) atoms. The molecule has 0 fully saturated rings. The summed E-state index contributed by atoms with van der Waals surface area (Å²) in [4.78, 5) is 9.21. The molecule has 0 spiro atoms. The first kappa shape index (κ1) is 14.1. The largest absolute Gasteiger partial charge is 0.307 e. The highest BCUT2D eigenvalue weighted by molar-refractivity contribution is 6.20. The van der Waals surface area contributed by atoms with Gasteiger partial charge in [-0.3, -0.25) is 4.68 Å². The third-order valence-corrected chi connectivity index (χ3v) is 3.70. The first-order valence-corrected chi connectivity index (χ1v) is 7.46.